The molecule has 0 radical (unpaired) electrons. The van der Waals surface area contributed by atoms with Crippen LogP contribution in [0.15, 0.2) is 4.90 Å². The lowest BCUT2D eigenvalue weighted by Crippen LogP contribution is -2.19. The molecule has 0 saturated carbocycles. The first kappa shape index (κ1) is 8.37. The van der Waals surface area contributed by atoms with Gasteiger partial charge in [0.25, 0.3) is 0 Å². The zero-order valence-electron chi connectivity index (χ0n) is 7.31. The van der Waals surface area contributed by atoms with Crippen LogP contribution in [0.4, 0.5) is 22.7 Å². The highest BCUT2D eigenvalue weighted by Crippen LogP contribution is 2.45. The second-order valence-corrected chi connectivity index (χ2v) is 3.46. The van der Waals surface area contributed by atoms with Crippen molar-refractivity contribution in [2.24, 2.45) is 0 Å². The Balaban J connectivity index is 2.72. The minimum absolute atomic E-state index is 0.568. The Morgan fingerprint density at radius 1 is 1.38 bits per heavy atom. The van der Waals surface area contributed by atoms with E-state index < -0.39 is 0 Å². The summed E-state index contributed by atoms with van der Waals surface area (Å²) >= 11 is 4.39. The van der Waals surface area contributed by atoms with Crippen molar-refractivity contribution >= 4 is 35.4 Å². The third-order valence-corrected chi connectivity index (χ3v) is 2.84. The molecule has 0 bridgehead atoms. The Bertz CT molecular complexity index is 352. The minimum atomic E-state index is 0.568. The van der Waals surface area contributed by atoms with Gasteiger partial charge in [0.15, 0.2) is 0 Å². The molecule has 1 aromatic carbocycles. The molecule has 1 heterocycles. The molecule has 0 aromatic heterocycles. The zero-order valence-corrected chi connectivity index (χ0v) is 8.20. The molecule has 13 heavy (non-hydrogen) atoms. The topological polar surface area (TPSA) is 76.1 Å². The molecule has 1 aliphatic heterocycles. The van der Waals surface area contributed by atoms with Gasteiger partial charge in [0.05, 0.1) is 22.7 Å². The van der Waals surface area contributed by atoms with Crippen molar-refractivity contribution in [2.45, 2.75) is 11.4 Å². The molecule has 4 nitrogen and oxygen atoms in total. The van der Waals surface area contributed by atoms with Gasteiger partial charge in [0.1, 0.15) is 0 Å². The SMILES string of the molecule is CNc1c(N)c(N)c2c(c1S)CN2. The largest absolute Gasteiger partial charge is 0.395 e. The number of anilines is 4. The number of nitrogens with two attached hydrogens (primary N) is 2. The molecule has 0 amide bonds. The maximum absolute atomic E-state index is 5.82. The number of rotatable bonds is 1. The monoisotopic (exact) mass is 196 g/mol. The summed E-state index contributed by atoms with van der Waals surface area (Å²) in [5.74, 6) is 0. The summed E-state index contributed by atoms with van der Waals surface area (Å²) in [4.78, 5) is 0.892. The molecule has 1 aromatic rings. The van der Waals surface area contributed by atoms with Crippen LogP contribution in [0.1, 0.15) is 5.56 Å². The molecule has 2 rings (SSSR count). The van der Waals surface area contributed by atoms with Gasteiger partial charge in [0.2, 0.25) is 0 Å². The third-order valence-electron chi connectivity index (χ3n) is 2.35. The van der Waals surface area contributed by atoms with Crippen LogP contribution in [0.3, 0.4) is 0 Å². The van der Waals surface area contributed by atoms with Crippen LogP contribution in [-0.4, -0.2) is 7.05 Å². The van der Waals surface area contributed by atoms with E-state index in [0.717, 1.165) is 28.4 Å². The van der Waals surface area contributed by atoms with E-state index in [0.29, 0.717) is 11.4 Å². The summed E-state index contributed by atoms with van der Waals surface area (Å²) in [6.45, 7) is 0.813. The normalized spacial score (nSPS) is 12.8. The molecule has 0 fully saturated rings. The highest BCUT2D eigenvalue weighted by molar-refractivity contribution is 7.80. The first-order chi connectivity index (χ1) is 6.16. The summed E-state index contributed by atoms with van der Waals surface area (Å²) in [6, 6.07) is 0. The maximum Gasteiger partial charge on any atom is 0.0816 e. The van der Waals surface area contributed by atoms with Crippen LogP contribution in [0.2, 0.25) is 0 Å². The number of thiol groups is 1. The highest BCUT2D eigenvalue weighted by atomic mass is 32.1. The van der Waals surface area contributed by atoms with E-state index in [1.807, 2.05) is 7.05 Å². The quantitative estimate of drug-likeness (QED) is 0.344. The number of hydrogen-bond acceptors (Lipinski definition) is 5. The van der Waals surface area contributed by atoms with Gasteiger partial charge in [-0.25, -0.2) is 0 Å². The molecule has 0 aliphatic carbocycles. The van der Waals surface area contributed by atoms with Crippen molar-refractivity contribution in [1.82, 2.24) is 0 Å². The lowest BCUT2D eigenvalue weighted by atomic mass is 10.0. The lowest BCUT2D eigenvalue weighted by molar-refractivity contribution is 1.01. The Morgan fingerprint density at radius 3 is 2.54 bits per heavy atom. The number of nitrogen functional groups attached to an aromatic ring is 2. The van der Waals surface area contributed by atoms with E-state index in [2.05, 4.69) is 23.3 Å². The second-order valence-electron chi connectivity index (χ2n) is 3.01. The summed E-state index contributed by atoms with van der Waals surface area (Å²) < 4.78 is 0. The third kappa shape index (κ3) is 0.935. The van der Waals surface area contributed by atoms with Crippen molar-refractivity contribution in [3.05, 3.63) is 5.56 Å². The average molecular weight is 196 g/mol. The first-order valence-corrected chi connectivity index (χ1v) is 4.46. The molecule has 6 N–H and O–H groups in total. The smallest absolute Gasteiger partial charge is 0.0816 e. The van der Waals surface area contributed by atoms with Gasteiger partial charge in [-0.1, -0.05) is 0 Å². The van der Waals surface area contributed by atoms with E-state index in [9.17, 15) is 0 Å². The fourth-order valence-electron chi connectivity index (χ4n) is 1.53. The van der Waals surface area contributed by atoms with Crippen LogP contribution in [0.25, 0.3) is 0 Å². The van der Waals surface area contributed by atoms with E-state index in [4.69, 9.17) is 11.5 Å². The van der Waals surface area contributed by atoms with Crippen molar-refractivity contribution < 1.29 is 0 Å². The average Bonchev–Trinajstić information content (AvgIpc) is 2.01. The summed E-state index contributed by atoms with van der Waals surface area (Å²) in [5, 5.41) is 6.11. The van der Waals surface area contributed by atoms with Gasteiger partial charge in [-0.2, -0.15) is 0 Å². The predicted octanol–water partition coefficient (Wildman–Crippen LogP) is 1.11. The van der Waals surface area contributed by atoms with Crippen molar-refractivity contribution in [3.63, 3.8) is 0 Å². The van der Waals surface area contributed by atoms with Crippen LogP contribution >= 0.6 is 12.6 Å². The van der Waals surface area contributed by atoms with E-state index >= 15 is 0 Å². The Hall–Kier alpha value is -1.23. The van der Waals surface area contributed by atoms with Crippen LogP contribution < -0.4 is 22.1 Å². The minimum Gasteiger partial charge on any atom is -0.395 e. The molecule has 1 aliphatic rings. The Morgan fingerprint density at radius 2 is 2.08 bits per heavy atom. The van der Waals surface area contributed by atoms with E-state index in [-0.39, 0.29) is 0 Å². The van der Waals surface area contributed by atoms with Gasteiger partial charge in [-0.3, -0.25) is 0 Å². The van der Waals surface area contributed by atoms with Gasteiger partial charge >= 0.3 is 0 Å². The molecule has 5 heteroatoms. The van der Waals surface area contributed by atoms with Crippen molar-refractivity contribution in [1.29, 1.82) is 0 Å². The zero-order chi connectivity index (χ0) is 9.59. The summed E-state index contributed by atoms with van der Waals surface area (Å²) in [6.07, 6.45) is 0. The van der Waals surface area contributed by atoms with Gasteiger partial charge < -0.3 is 22.1 Å². The van der Waals surface area contributed by atoms with Crippen LogP contribution in [-0.2, 0) is 6.54 Å². The number of hydrogen-bond donors (Lipinski definition) is 5. The van der Waals surface area contributed by atoms with Gasteiger partial charge in [-0.15, -0.1) is 12.6 Å². The Kier molecular flexibility index (Phi) is 1.69. The van der Waals surface area contributed by atoms with Crippen LogP contribution in [0.5, 0.6) is 0 Å². The highest BCUT2D eigenvalue weighted by Gasteiger charge is 2.23. The maximum atomic E-state index is 5.82. The summed E-state index contributed by atoms with van der Waals surface area (Å²) in [5.41, 5.74) is 15.7. The molecular weight excluding hydrogens is 184 g/mol. The van der Waals surface area contributed by atoms with Crippen LogP contribution in [0, 0.1) is 0 Å². The molecule has 0 atom stereocenters. The molecular formula is C8H12N4S. The molecule has 70 valence electrons. The van der Waals surface area contributed by atoms with Crippen molar-refractivity contribution in [2.75, 3.05) is 29.1 Å². The van der Waals surface area contributed by atoms with E-state index in [1.165, 1.54) is 0 Å². The van der Waals surface area contributed by atoms with Gasteiger partial charge in [0, 0.05) is 24.1 Å². The lowest BCUT2D eigenvalue weighted by Gasteiger charge is -2.28. The predicted molar refractivity (Wildman–Crippen MR) is 59.4 cm³/mol. The fraction of sp³-hybridized carbons (Fsp3) is 0.250. The second kappa shape index (κ2) is 2.63. The molecule has 0 spiro atoms. The first-order valence-electron chi connectivity index (χ1n) is 4.01. The standard InChI is InChI=1S/C8H12N4S/c1-11-7-5(10)4(9)6-3(2-12-6)8(7)13/h11-13H,2,9-10H2,1H3. The van der Waals surface area contributed by atoms with E-state index in [1.54, 1.807) is 0 Å². The number of nitrogens with one attached hydrogen (secondary N) is 2. The number of fused-ring (bicyclic) bond motifs is 1. The summed E-state index contributed by atoms with van der Waals surface area (Å²) in [7, 11) is 1.81. The Labute approximate surface area is 82.1 Å². The molecule has 0 saturated heterocycles. The fourth-order valence-corrected chi connectivity index (χ4v) is 1.95. The molecule has 0 unspecified atom stereocenters. The van der Waals surface area contributed by atoms with Gasteiger partial charge in [-0.05, 0) is 0 Å². The number of benzene rings is 1. The van der Waals surface area contributed by atoms with Crippen molar-refractivity contribution in [3.8, 4) is 0 Å².